The first-order chi connectivity index (χ1) is 7.65. The van der Waals surface area contributed by atoms with Crippen molar-refractivity contribution in [1.29, 1.82) is 0 Å². The molecule has 0 spiro atoms. The van der Waals surface area contributed by atoms with E-state index in [0.29, 0.717) is 0 Å². The quantitative estimate of drug-likeness (QED) is 0.699. The van der Waals surface area contributed by atoms with Crippen LogP contribution in [0.1, 0.15) is 5.56 Å². The fraction of sp³-hybridized carbons (Fsp3) is 0.182. The largest absolute Gasteiger partial charge is 0.398 e. The Morgan fingerprint density at radius 2 is 2.31 bits per heavy atom. The van der Waals surface area contributed by atoms with Crippen molar-refractivity contribution in [2.24, 2.45) is 7.05 Å². The zero-order valence-corrected chi connectivity index (χ0v) is 11.3. The van der Waals surface area contributed by atoms with Gasteiger partial charge in [0, 0.05) is 34.1 Å². The Labute approximate surface area is 107 Å². The summed E-state index contributed by atoms with van der Waals surface area (Å²) in [7, 11) is 1.92. The molecule has 0 saturated heterocycles. The lowest BCUT2D eigenvalue weighted by molar-refractivity contribution is 0.766. The molecule has 2 rings (SSSR count). The lowest BCUT2D eigenvalue weighted by Gasteiger charge is -2.03. The van der Waals surface area contributed by atoms with E-state index in [-0.39, 0.29) is 0 Å². The number of benzene rings is 1. The number of aromatic nitrogens is 2. The molecule has 5 heteroatoms. The third-order valence-electron chi connectivity index (χ3n) is 2.15. The van der Waals surface area contributed by atoms with E-state index in [1.165, 1.54) is 10.5 Å². The SMILES string of the molecule is Cn1cc(SCc2ccc(Br)c(N)c2)cn1. The van der Waals surface area contributed by atoms with Gasteiger partial charge in [0.15, 0.2) is 0 Å². The van der Waals surface area contributed by atoms with Crippen molar-refractivity contribution in [3.63, 3.8) is 0 Å². The molecular formula is C11H12BrN3S. The van der Waals surface area contributed by atoms with Crippen molar-refractivity contribution in [3.05, 3.63) is 40.6 Å². The van der Waals surface area contributed by atoms with Crippen LogP contribution in [0.25, 0.3) is 0 Å². The van der Waals surface area contributed by atoms with Crippen LogP contribution < -0.4 is 5.73 Å². The third-order valence-corrected chi connectivity index (χ3v) is 3.89. The molecule has 0 aliphatic rings. The van der Waals surface area contributed by atoms with Crippen LogP contribution in [0.2, 0.25) is 0 Å². The van der Waals surface area contributed by atoms with Gasteiger partial charge >= 0.3 is 0 Å². The number of hydrogen-bond donors (Lipinski definition) is 1. The third kappa shape index (κ3) is 2.80. The lowest BCUT2D eigenvalue weighted by Crippen LogP contribution is -1.89. The second kappa shape index (κ2) is 4.93. The Balaban J connectivity index is 2.02. The van der Waals surface area contributed by atoms with Gasteiger partial charge in [-0.25, -0.2) is 0 Å². The van der Waals surface area contributed by atoms with Gasteiger partial charge in [0.25, 0.3) is 0 Å². The van der Waals surface area contributed by atoms with Gasteiger partial charge in [-0.2, -0.15) is 5.10 Å². The van der Waals surface area contributed by atoms with Crippen molar-refractivity contribution in [3.8, 4) is 0 Å². The molecule has 1 aromatic heterocycles. The zero-order chi connectivity index (χ0) is 11.5. The summed E-state index contributed by atoms with van der Waals surface area (Å²) in [5, 5.41) is 4.12. The van der Waals surface area contributed by atoms with E-state index >= 15 is 0 Å². The molecular weight excluding hydrogens is 286 g/mol. The number of thioether (sulfide) groups is 1. The van der Waals surface area contributed by atoms with Gasteiger partial charge in [-0.15, -0.1) is 11.8 Å². The maximum atomic E-state index is 5.82. The molecule has 0 saturated carbocycles. The monoisotopic (exact) mass is 297 g/mol. The minimum absolute atomic E-state index is 0.782. The maximum absolute atomic E-state index is 5.82. The number of hydrogen-bond acceptors (Lipinski definition) is 3. The highest BCUT2D eigenvalue weighted by Crippen LogP contribution is 2.26. The molecule has 16 heavy (non-hydrogen) atoms. The van der Waals surface area contributed by atoms with Crippen LogP contribution in [0.15, 0.2) is 40.0 Å². The highest BCUT2D eigenvalue weighted by molar-refractivity contribution is 9.10. The van der Waals surface area contributed by atoms with E-state index in [9.17, 15) is 0 Å². The summed E-state index contributed by atoms with van der Waals surface area (Å²) < 4.78 is 2.75. The van der Waals surface area contributed by atoms with Crippen LogP contribution in [0.5, 0.6) is 0 Å². The molecule has 1 heterocycles. The summed E-state index contributed by atoms with van der Waals surface area (Å²) in [5.41, 5.74) is 7.82. The predicted octanol–water partition coefficient (Wildman–Crippen LogP) is 3.06. The first-order valence-corrected chi connectivity index (χ1v) is 6.58. The molecule has 1 aromatic carbocycles. The van der Waals surface area contributed by atoms with Gasteiger partial charge in [0.2, 0.25) is 0 Å². The molecule has 0 aliphatic carbocycles. The number of anilines is 1. The van der Waals surface area contributed by atoms with E-state index in [4.69, 9.17) is 5.73 Å². The molecule has 2 aromatic rings. The normalized spacial score (nSPS) is 10.6. The first kappa shape index (κ1) is 11.5. The summed E-state index contributed by atoms with van der Waals surface area (Å²) in [6.07, 6.45) is 3.87. The van der Waals surface area contributed by atoms with Crippen molar-refractivity contribution >= 4 is 33.4 Å². The fourth-order valence-corrected chi connectivity index (χ4v) is 2.43. The zero-order valence-electron chi connectivity index (χ0n) is 8.85. The fourth-order valence-electron chi connectivity index (χ4n) is 1.32. The summed E-state index contributed by atoms with van der Waals surface area (Å²) in [5.74, 6) is 0.906. The van der Waals surface area contributed by atoms with Crippen LogP contribution in [-0.4, -0.2) is 9.78 Å². The van der Waals surface area contributed by atoms with Gasteiger partial charge < -0.3 is 5.73 Å². The second-order valence-electron chi connectivity index (χ2n) is 3.49. The average Bonchev–Trinajstić information content (AvgIpc) is 2.66. The number of nitrogens with two attached hydrogens (primary N) is 1. The highest BCUT2D eigenvalue weighted by Gasteiger charge is 2.01. The summed E-state index contributed by atoms with van der Waals surface area (Å²) >= 11 is 5.14. The van der Waals surface area contributed by atoms with Crippen molar-refractivity contribution in [1.82, 2.24) is 9.78 Å². The maximum Gasteiger partial charge on any atom is 0.0625 e. The van der Waals surface area contributed by atoms with Crippen LogP contribution in [0, 0.1) is 0 Å². The molecule has 0 unspecified atom stereocenters. The van der Waals surface area contributed by atoms with Crippen molar-refractivity contribution in [2.75, 3.05) is 5.73 Å². The predicted molar refractivity (Wildman–Crippen MR) is 71.3 cm³/mol. The summed E-state index contributed by atoms with van der Waals surface area (Å²) in [4.78, 5) is 1.17. The number of nitrogens with zero attached hydrogens (tertiary/aromatic N) is 2. The van der Waals surface area contributed by atoms with Crippen LogP contribution in [0.4, 0.5) is 5.69 Å². The topological polar surface area (TPSA) is 43.8 Å². The first-order valence-electron chi connectivity index (χ1n) is 4.80. The number of halogens is 1. The van der Waals surface area contributed by atoms with E-state index in [1.807, 2.05) is 31.6 Å². The smallest absolute Gasteiger partial charge is 0.0625 e. The Hall–Kier alpha value is -0.940. The van der Waals surface area contributed by atoms with Gasteiger partial charge in [0.05, 0.1) is 6.20 Å². The Morgan fingerprint density at radius 1 is 1.50 bits per heavy atom. The van der Waals surface area contributed by atoms with E-state index in [2.05, 4.69) is 27.1 Å². The van der Waals surface area contributed by atoms with Gasteiger partial charge in [-0.3, -0.25) is 4.68 Å². The minimum Gasteiger partial charge on any atom is -0.398 e. The number of aryl methyl sites for hydroxylation is 1. The minimum atomic E-state index is 0.782. The standard InChI is InChI=1S/C11H12BrN3S/c1-15-6-9(5-14-15)16-7-8-2-3-10(12)11(13)4-8/h2-6H,7,13H2,1H3. The van der Waals surface area contributed by atoms with Crippen LogP contribution in [0.3, 0.4) is 0 Å². The summed E-state index contributed by atoms with van der Waals surface area (Å²) in [6, 6.07) is 6.05. The van der Waals surface area contributed by atoms with E-state index < -0.39 is 0 Å². The van der Waals surface area contributed by atoms with Gasteiger partial charge in [-0.1, -0.05) is 6.07 Å². The molecule has 0 bridgehead atoms. The van der Waals surface area contributed by atoms with E-state index in [0.717, 1.165) is 15.9 Å². The molecule has 0 radical (unpaired) electrons. The number of rotatable bonds is 3. The van der Waals surface area contributed by atoms with Crippen LogP contribution in [-0.2, 0) is 12.8 Å². The number of nitrogen functional groups attached to an aromatic ring is 1. The molecule has 3 nitrogen and oxygen atoms in total. The van der Waals surface area contributed by atoms with Crippen molar-refractivity contribution in [2.45, 2.75) is 10.6 Å². The second-order valence-corrected chi connectivity index (χ2v) is 5.40. The molecule has 0 atom stereocenters. The van der Waals surface area contributed by atoms with Gasteiger partial charge in [0.1, 0.15) is 0 Å². The summed E-state index contributed by atoms with van der Waals surface area (Å²) in [6.45, 7) is 0. The molecule has 0 amide bonds. The van der Waals surface area contributed by atoms with Crippen molar-refractivity contribution < 1.29 is 0 Å². The Morgan fingerprint density at radius 3 is 2.94 bits per heavy atom. The molecule has 0 aliphatic heterocycles. The molecule has 84 valence electrons. The Kier molecular flexibility index (Phi) is 3.56. The highest BCUT2D eigenvalue weighted by atomic mass is 79.9. The van der Waals surface area contributed by atoms with E-state index in [1.54, 1.807) is 16.4 Å². The lowest BCUT2D eigenvalue weighted by atomic mass is 10.2. The average molecular weight is 298 g/mol. The Bertz CT molecular complexity index is 496. The van der Waals surface area contributed by atoms with Crippen LogP contribution >= 0.6 is 27.7 Å². The molecule has 0 fully saturated rings. The molecule has 2 N–H and O–H groups in total. The van der Waals surface area contributed by atoms with Gasteiger partial charge in [-0.05, 0) is 33.6 Å².